The molecule has 1 saturated heterocycles. The quantitative estimate of drug-likeness (QED) is 0.210. The molecule has 1 aliphatic rings. The number of hydrogen-bond acceptors (Lipinski definition) is 8. The third-order valence-electron chi connectivity index (χ3n) is 3.29. The molecule has 1 aliphatic heterocycles. The van der Waals surface area contributed by atoms with Crippen LogP contribution in [0.15, 0.2) is 24.3 Å². The zero-order chi connectivity index (χ0) is 18.6. The summed E-state index contributed by atoms with van der Waals surface area (Å²) in [6, 6.07) is 3.85. The molecule has 0 radical (unpaired) electrons. The Hall–Kier alpha value is -3.34. The topological polar surface area (TPSA) is 162 Å². The van der Waals surface area contributed by atoms with Crippen molar-refractivity contribution in [2.45, 2.75) is 12.5 Å². The predicted molar refractivity (Wildman–Crippen MR) is 81.1 cm³/mol. The highest BCUT2D eigenvalue weighted by Crippen LogP contribution is 2.17. The van der Waals surface area contributed by atoms with Gasteiger partial charge in [0.05, 0.1) is 17.4 Å². The van der Waals surface area contributed by atoms with Crippen molar-refractivity contribution in [3.05, 3.63) is 34.4 Å². The Morgan fingerprint density at radius 2 is 1.96 bits per heavy atom. The Kier molecular flexibility index (Phi) is 5.39. The fourth-order valence-electron chi connectivity index (χ4n) is 2.05. The number of non-ortho nitro benzene ring substituents is 1. The van der Waals surface area contributed by atoms with Crippen LogP contribution in [0.1, 0.15) is 6.42 Å². The first kappa shape index (κ1) is 18.0. The van der Waals surface area contributed by atoms with Gasteiger partial charge in [0.1, 0.15) is 18.8 Å². The first-order valence-electron chi connectivity index (χ1n) is 7.09. The van der Waals surface area contributed by atoms with Crippen molar-refractivity contribution < 1.29 is 28.8 Å². The van der Waals surface area contributed by atoms with Crippen LogP contribution in [0.2, 0.25) is 0 Å². The number of nitrogens with one attached hydrogen (secondary N) is 1. The summed E-state index contributed by atoms with van der Waals surface area (Å²) in [6.07, 6.45) is -0.158. The van der Waals surface area contributed by atoms with Gasteiger partial charge in [0.15, 0.2) is 0 Å². The molecule has 11 nitrogen and oxygen atoms in total. The van der Waals surface area contributed by atoms with E-state index < -0.39 is 47.7 Å². The van der Waals surface area contributed by atoms with Crippen molar-refractivity contribution in [2.24, 2.45) is 5.73 Å². The van der Waals surface area contributed by atoms with E-state index >= 15 is 0 Å². The molecule has 3 N–H and O–H groups in total. The number of likely N-dealkylation sites (tertiary alicyclic amines) is 1. The maximum atomic E-state index is 11.7. The number of nitrogens with two attached hydrogens (primary N) is 1. The van der Waals surface area contributed by atoms with Crippen LogP contribution in [0.25, 0.3) is 0 Å². The third-order valence-corrected chi connectivity index (χ3v) is 3.29. The van der Waals surface area contributed by atoms with Gasteiger partial charge in [-0.3, -0.25) is 29.4 Å². The molecule has 3 amide bonds. The number of nitrogens with zero attached hydrogens (tertiary/aromatic N) is 2. The van der Waals surface area contributed by atoms with Crippen LogP contribution < -0.4 is 15.8 Å². The van der Waals surface area contributed by atoms with Crippen LogP contribution in [-0.4, -0.2) is 52.6 Å². The first-order valence-corrected chi connectivity index (χ1v) is 7.09. The van der Waals surface area contributed by atoms with Gasteiger partial charge >= 0.3 is 5.97 Å². The second-order valence-electron chi connectivity index (χ2n) is 5.13. The molecule has 1 fully saturated rings. The van der Waals surface area contributed by atoms with E-state index in [2.05, 4.69) is 5.32 Å². The standard InChI is InChI=1S/C14H14N4O7/c15-10-5-12(20)17(14(10)22)7-11(19)16-6-13(21)25-9-3-1-8(2-4-9)18(23)24/h1-4,10H,5-7,15H2,(H,16,19). The van der Waals surface area contributed by atoms with Gasteiger partial charge in [-0.2, -0.15) is 0 Å². The summed E-state index contributed by atoms with van der Waals surface area (Å²) in [5.74, 6) is -2.68. The Morgan fingerprint density at radius 1 is 1.32 bits per heavy atom. The lowest BCUT2D eigenvalue weighted by Crippen LogP contribution is -2.43. The van der Waals surface area contributed by atoms with Crippen molar-refractivity contribution in [3.8, 4) is 5.75 Å². The predicted octanol–water partition coefficient (Wildman–Crippen LogP) is -1.30. The number of hydrogen-bond donors (Lipinski definition) is 2. The number of rotatable bonds is 6. The molecule has 1 aromatic carbocycles. The lowest BCUT2D eigenvalue weighted by Gasteiger charge is -2.13. The van der Waals surface area contributed by atoms with Gasteiger partial charge in [-0.05, 0) is 12.1 Å². The molecule has 0 aliphatic carbocycles. The number of carbonyl (C=O) groups is 4. The van der Waals surface area contributed by atoms with Crippen molar-refractivity contribution in [2.75, 3.05) is 13.1 Å². The second kappa shape index (κ2) is 7.49. The maximum absolute atomic E-state index is 11.7. The number of imide groups is 1. The number of esters is 1. The average molecular weight is 350 g/mol. The van der Waals surface area contributed by atoms with Crippen LogP contribution in [0.3, 0.4) is 0 Å². The Balaban J connectivity index is 1.79. The van der Waals surface area contributed by atoms with Gasteiger partial charge in [-0.15, -0.1) is 0 Å². The minimum atomic E-state index is -0.951. The van der Waals surface area contributed by atoms with Crippen LogP contribution in [0.5, 0.6) is 5.75 Å². The second-order valence-corrected chi connectivity index (χ2v) is 5.13. The van der Waals surface area contributed by atoms with Gasteiger partial charge in [-0.1, -0.05) is 0 Å². The molecule has 1 heterocycles. The van der Waals surface area contributed by atoms with Crippen molar-refractivity contribution in [1.29, 1.82) is 0 Å². The lowest BCUT2D eigenvalue weighted by molar-refractivity contribution is -0.384. The summed E-state index contributed by atoms with van der Waals surface area (Å²) >= 11 is 0. The number of benzene rings is 1. The first-order chi connectivity index (χ1) is 11.8. The minimum absolute atomic E-state index is 0.0701. The van der Waals surface area contributed by atoms with Gasteiger partial charge in [0, 0.05) is 12.1 Å². The fourth-order valence-corrected chi connectivity index (χ4v) is 2.05. The molecule has 0 spiro atoms. The van der Waals surface area contributed by atoms with E-state index in [1.807, 2.05) is 0 Å². The monoisotopic (exact) mass is 350 g/mol. The van der Waals surface area contributed by atoms with E-state index in [9.17, 15) is 29.3 Å². The highest BCUT2D eigenvalue weighted by atomic mass is 16.6. The molecule has 0 aromatic heterocycles. The molecule has 1 aromatic rings. The van der Waals surface area contributed by atoms with Gasteiger partial charge in [0.25, 0.3) is 5.69 Å². The molecule has 11 heteroatoms. The van der Waals surface area contributed by atoms with E-state index in [0.717, 1.165) is 17.0 Å². The number of nitro benzene ring substituents is 1. The van der Waals surface area contributed by atoms with E-state index in [-0.39, 0.29) is 17.9 Å². The van der Waals surface area contributed by atoms with Crippen LogP contribution in [-0.2, 0) is 19.2 Å². The molecule has 0 bridgehead atoms. The van der Waals surface area contributed by atoms with Crippen molar-refractivity contribution in [1.82, 2.24) is 10.2 Å². The SMILES string of the molecule is NC1CC(=O)N(CC(=O)NCC(=O)Oc2ccc([N+](=O)[O-])cc2)C1=O. The summed E-state index contributed by atoms with van der Waals surface area (Å²) in [4.78, 5) is 57.0. The zero-order valence-electron chi connectivity index (χ0n) is 12.8. The van der Waals surface area contributed by atoms with Crippen LogP contribution in [0, 0.1) is 10.1 Å². The lowest BCUT2D eigenvalue weighted by atomic mass is 10.3. The van der Waals surface area contributed by atoms with Gasteiger partial charge in [-0.25, -0.2) is 4.79 Å². The van der Waals surface area contributed by atoms with Crippen molar-refractivity contribution in [3.63, 3.8) is 0 Å². The Labute approximate surface area is 140 Å². The Bertz CT molecular complexity index is 731. The molecule has 25 heavy (non-hydrogen) atoms. The van der Waals surface area contributed by atoms with E-state index in [0.29, 0.717) is 0 Å². The molecule has 1 atom stereocenters. The van der Waals surface area contributed by atoms with Crippen molar-refractivity contribution >= 4 is 29.4 Å². The van der Waals surface area contributed by atoms with E-state index in [1.165, 1.54) is 12.1 Å². The highest BCUT2D eigenvalue weighted by Gasteiger charge is 2.37. The highest BCUT2D eigenvalue weighted by molar-refractivity contribution is 6.07. The smallest absolute Gasteiger partial charge is 0.330 e. The van der Waals surface area contributed by atoms with Gasteiger partial charge in [0.2, 0.25) is 17.7 Å². The molecular formula is C14H14N4O7. The molecule has 2 rings (SSSR count). The summed E-state index contributed by atoms with van der Waals surface area (Å²) in [5.41, 5.74) is 5.25. The Morgan fingerprint density at radius 3 is 2.48 bits per heavy atom. The minimum Gasteiger partial charge on any atom is -0.425 e. The number of ether oxygens (including phenoxy) is 1. The summed E-state index contributed by atoms with van der Waals surface area (Å²) in [6.45, 7) is -1.03. The largest absolute Gasteiger partial charge is 0.425 e. The van der Waals surface area contributed by atoms with E-state index in [4.69, 9.17) is 10.5 Å². The molecular weight excluding hydrogens is 336 g/mol. The zero-order valence-corrected chi connectivity index (χ0v) is 12.8. The van der Waals surface area contributed by atoms with Crippen LogP contribution >= 0.6 is 0 Å². The molecule has 0 saturated carbocycles. The summed E-state index contributed by atoms with van der Waals surface area (Å²) < 4.78 is 4.89. The normalized spacial score (nSPS) is 16.7. The average Bonchev–Trinajstić information content (AvgIpc) is 2.80. The molecule has 132 valence electrons. The van der Waals surface area contributed by atoms with Crippen LogP contribution in [0.4, 0.5) is 5.69 Å². The fraction of sp³-hybridized carbons (Fsp3) is 0.286. The summed E-state index contributed by atoms with van der Waals surface area (Å²) in [5, 5.41) is 12.7. The van der Waals surface area contributed by atoms with E-state index in [1.54, 1.807) is 0 Å². The molecule has 1 unspecified atom stereocenters. The number of amides is 3. The number of nitro groups is 1. The third kappa shape index (κ3) is 4.57. The number of carbonyl (C=O) groups excluding carboxylic acids is 4. The summed E-state index contributed by atoms with van der Waals surface area (Å²) in [7, 11) is 0. The maximum Gasteiger partial charge on any atom is 0.330 e. The van der Waals surface area contributed by atoms with Gasteiger partial charge < -0.3 is 15.8 Å².